The van der Waals surface area contributed by atoms with E-state index in [2.05, 4.69) is 33.5 Å². The number of fused-ring (bicyclic) bond motifs is 1. The van der Waals surface area contributed by atoms with Gasteiger partial charge in [-0.2, -0.15) is 0 Å². The molecule has 2 aliphatic heterocycles. The summed E-state index contributed by atoms with van der Waals surface area (Å²) in [6.07, 6.45) is 4.42. The first-order chi connectivity index (χ1) is 11.7. The van der Waals surface area contributed by atoms with Gasteiger partial charge in [0, 0.05) is 40.9 Å². The third-order valence-corrected chi connectivity index (χ3v) is 7.17. The van der Waals surface area contributed by atoms with Crippen molar-refractivity contribution in [1.29, 1.82) is 0 Å². The molecule has 0 spiro atoms. The largest absolute Gasteiger partial charge is 0.379 e. The number of thioether (sulfide) groups is 1. The first-order valence-corrected chi connectivity index (χ1v) is 10.2. The van der Waals surface area contributed by atoms with Gasteiger partial charge < -0.3 is 10.6 Å². The number of aromatic nitrogens is 2. The summed E-state index contributed by atoms with van der Waals surface area (Å²) >= 11 is 3.45. The number of aliphatic imine (C=N–C) groups is 1. The summed E-state index contributed by atoms with van der Waals surface area (Å²) in [5, 5.41) is 2.83. The van der Waals surface area contributed by atoms with Crippen LogP contribution in [0.25, 0.3) is 0 Å². The second-order valence-corrected chi connectivity index (χ2v) is 8.78. The Kier molecular flexibility index (Phi) is 5.72. The van der Waals surface area contributed by atoms with Gasteiger partial charge in [0.05, 0.1) is 6.54 Å². The van der Waals surface area contributed by atoms with E-state index < -0.39 is 0 Å². The molecule has 4 heterocycles. The van der Waals surface area contributed by atoms with Gasteiger partial charge in [-0.1, -0.05) is 17.8 Å². The third-order valence-electron chi connectivity index (χ3n) is 5.18. The monoisotopic (exact) mass is 429 g/mol. The second kappa shape index (κ2) is 7.54. The highest BCUT2D eigenvalue weighted by Crippen LogP contribution is 2.47. The van der Waals surface area contributed by atoms with E-state index in [0.29, 0.717) is 17.0 Å². The van der Waals surface area contributed by atoms with Gasteiger partial charge in [-0.3, -0.25) is 0 Å². The Labute approximate surface area is 173 Å². The molecule has 2 N–H and O–H groups in total. The molecule has 5 rings (SSSR count). The van der Waals surface area contributed by atoms with Crippen molar-refractivity contribution in [3.05, 3.63) is 40.3 Å². The van der Waals surface area contributed by atoms with Crippen LogP contribution >= 0.6 is 47.9 Å². The van der Waals surface area contributed by atoms with Crippen LogP contribution in [-0.4, -0.2) is 34.0 Å². The first-order valence-electron chi connectivity index (χ1n) is 8.34. The van der Waals surface area contributed by atoms with Gasteiger partial charge in [0.15, 0.2) is 5.17 Å². The predicted molar refractivity (Wildman–Crippen MR) is 114 cm³/mol. The number of thiophene rings is 1. The minimum Gasteiger partial charge on any atom is -0.379 e. The maximum Gasteiger partial charge on any atom is 0.225 e. The summed E-state index contributed by atoms with van der Waals surface area (Å²) in [5.74, 6) is 2.95. The van der Waals surface area contributed by atoms with E-state index in [1.165, 1.54) is 23.4 Å². The highest BCUT2D eigenvalue weighted by Gasteiger charge is 2.51. The smallest absolute Gasteiger partial charge is 0.225 e. The fraction of sp³-hybridized carbons (Fsp3) is 0.471. The molecule has 0 radical (unpaired) electrons. The molecule has 2 atom stereocenters. The van der Waals surface area contributed by atoms with Crippen LogP contribution in [0.4, 0.5) is 5.95 Å². The van der Waals surface area contributed by atoms with Gasteiger partial charge >= 0.3 is 0 Å². The summed E-state index contributed by atoms with van der Waals surface area (Å²) in [6.45, 7) is 1.75. The molecule has 0 amide bonds. The number of nitrogens with zero attached hydrogens (tertiary/aromatic N) is 4. The van der Waals surface area contributed by atoms with Crippen LogP contribution < -0.4 is 10.6 Å². The van der Waals surface area contributed by atoms with Crippen LogP contribution in [0.5, 0.6) is 0 Å². The van der Waals surface area contributed by atoms with E-state index in [0.717, 1.165) is 24.8 Å². The number of hydrogen-bond acceptors (Lipinski definition) is 7. The Bertz CT molecular complexity index is 796. The molecule has 5 nitrogen and oxygen atoms in total. The fourth-order valence-electron chi connectivity index (χ4n) is 3.77. The number of halogens is 2. The summed E-state index contributed by atoms with van der Waals surface area (Å²) in [6, 6.07) is 6.35. The third kappa shape index (κ3) is 3.30. The Balaban J connectivity index is 0.000000980. The average molecular weight is 430 g/mol. The van der Waals surface area contributed by atoms with Crippen molar-refractivity contribution >= 4 is 59.0 Å². The predicted octanol–water partition coefficient (Wildman–Crippen LogP) is 3.65. The second-order valence-electron chi connectivity index (χ2n) is 6.80. The zero-order valence-corrected chi connectivity index (χ0v) is 17.3. The maximum absolute atomic E-state index is 6.11. The molecule has 2 aromatic rings. The van der Waals surface area contributed by atoms with Crippen molar-refractivity contribution in [1.82, 2.24) is 9.97 Å². The standard InChI is InChI=1S/C17H19N5S2.2ClH/c18-15-21-17(14-2-1-7-23-14)10-22(8-12(17)9-24-15)16-19-6-5-13(20-16)11-3-4-11;;/h1-2,5-7,11-12H,3-4,8-10H2,(H2,18,21);2*1H/t12-,17?;;/m0../s1. The normalized spacial score (nSPS) is 27.2. The molecule has 1 aliphatic carbocycles. The number of hydrogen-bond donors (Lipinski definition) is 1. The lowest BCUT2D eigenvalue weighted by molar-refractivity contribution is 0.395. The quantitative estimate of drug-likeness (QED) is 0.805. The lowest BCUT2D eigenvalue weighted by atomic mass is 9.87. The number of amidine groups is 1. The van der Waals surface area contributed by atoms with Crippen LogP contribution in [0.2, 0.25) is 0 Å². The highest BCUT2D eigenvalue weighted by molar-refractivity contribution is 8.13. The molecule has 2 aromatic heterocycles. The summed E-state index contributed by atoms with van der Waals surface area (Å²) in [4.78, 5) is 17.9. The van der Waals surface area contributed by atoms with E-state index in [9.17, 15) is 0 Å². The number of anilines is 1. The molecule has 9 heteroatoms. The SMILES string of the molecule is Cl.Cl.NC1=NC2(c3cccs3)CN(c3nccc(C4CC4)n3)C[C@H]2CS1. The molecule has 0 bridgehead atoms. The fourth-order valence-corrected chi connectivity index (χ4v) is 5.69. The van der Waals surface area contributed by atoms with Crippen molar-refractivity contribution in [2.24, 2.45) is 16.6 Å². The van der Waals surface area contributed by atoms with Gasteiger partial charge in [-0.15, -0.1) is 36.2 Å². The van der Waals surface area contributed by atoms with Crippen molar-refractivity contribution in [2.45, 2.75) is 24.3 Å². The van der Waals surface area contributed by atoms with Gasteiger partial charge in [-0.25, -0.2) is 15.0 Å². The van der Waals surface area contributed by atoms with Crippen LogP contribution in [0.15, 0.2) is 34.8 Å². The molecular weight excluding hydrogens is 409 g/mol. The van der Waals surface area contributed by atoms with Crippen LogP contribution in [-0.2, 0) is 5.54 Å². The molecule has 1 saturated carbocycles. The lowest BCUT2D eigenvalue weighted by Gasteiger charge is -2.33. The van der Waals surface area contributed by atoms with Gasteiger partial charge in [0.2, 0.25) is 5.95 Å². The summed E-state index contributed by atoms with van der Waals surface area (Å²) in [5.41, 5.74) is 7.06. The molecule has 1 unspecified atom stereocenters. The molecule has 3 aliphatic rings. The molecule has 26 heavy (non-hydrogen) atoms. The van der Waals surface area contributed by atoms with E-state index in [4.69, 9.17) is 15.7 Å². The Morgan fingerprint density at radius 3 is 2.81 bits per heavy atom. The average Bonchev–Trinajstić information content (AvgIpc) is 3.15. The van der Waals surface area contributed by atoms with Crippen molar-refractivity contribution in [2.75, 3.05) is 23.7 Å². The van der Waals surface area contributed by atoms with Crippen molar-refractivity contribution in [3.63, 3.8) is 0 Å². The minimum absolute atomic E-state index is 0. The lowest BCUT2D eigenvalue weighted by Crippen LogP contribution is -2.39. The van der Waals surface area contributed by atoms with Crippen molar-refractivity contribution in [3.8, 4) is 0 Å². The Morgan fingerprint density at radius 1 is 1.23 bits per heavy atom. The van der Waals surface area contributed by atoms with Gasteiger partial charge in [0.1, 0.15) is 5.54 Å². The Hall–Kier alpha value is -1.02. The number of nitrogens with two attached hydrogens (primary N) is 1. The molecule has 140 valence electrons. The summed E-state index contributed by atoms with van der Waals surface area (Å²) in [7, 11) is 0. The van der Waals surface area contributed by atoms with Crippen LogP contribution in [0.3, 0.4) is 0 Å². The summed E-state index contributed by atoms with van der Waals surface area (Å²) < 4.78 is 0. The maximum atomic E-state index is 6.11. The van der Waals surface area contributed by atoms with E-state index >= 15 is 0 Å². The number of rotatable bonds is 3. The zero-order valence-electron chi connectivity index (χ0n) is 14.1. The molecular formula is C17H21Cl2N5S2. The Morgan fingerprint density at radius 2 is 2.08 bits per heavy atom. The van der Waals surface area contributed by atoms with Gasteiger partial charge in [-0.05, 0) is 30.4 Å². The van der Waals surface area contributed by atoms with Crippen LogP contribution in [0.1, 0.15) is 29.3 Å². The van der Waals surface area contributed by atoms with Gasteiger partial charge in [0.25, 0.3) is 0 Å². The molecule has 2 fully saturated rings. The first kappa shape index (κ1) is 19.7. The topological polar surface area (TPSA) is 67.4 Å². The minimum atomic E-state index is -0.234. The van der Waals surface area contributed by atoms with E-state index in [-0.39, 0.29) is 30.4 Å². The van der Waals surface area contributed by atoms with Crippen molar-refractivity contribution < 1.29 is 0 Å². The highest BCUT2D eigenvalue weighted by atomic mass is 35.5. The zero-order chi connectivity index (χ0) is 16.1. The van der Waals surface area contributed by atoms with E-state index in [1.807, 2.05) is 6.20 Å². The molecule has 1 saturated heterocycles. The van der Waals surface area contributed by atoms with Crippen LogP contribution in [0, 0.1) is 5.92 Å². The van der Waals surface area contributed by atoms with E-state index in [1.54, 1.807) is 23.1 Å². The molecule has 0 aromatic carbocycles.